The summed E-state index contributed by atoms with van der Waals surface area (Å²) in [6.45, 7) is 4.51. The van der Waals surface area contributed by atoms with Gasteiger partial charge in [0.05, 0.1) is 0 Å². The van der Waals surface area contributed by atoms with E-state index in [0.29, 0.717) is 13.0 Å². The Labute approximate surface area is 113 Å². The summed E-state index contributed by atoms with van der Waals surface area (Å²) in [4.78, 5) is 14.9. The number of rotatable bonds is 7. The van der Waals surface area contributed by atoms with Crippen LogP contribution in [0.25, 0.3) is 10.9 Å². The van der Waals surface area contributed by atoms with Crippen LogP contribution in [0.3, 0.4) is 0 Å². The maximum Gasteiger partial charge on any atom is 0.220 e. The SMILES string of the molecule is CCNCCNC(=O)CCc1c[nH]c2ccccc12. The summed E-state index contributed by atoms with van der Waals surface area (Å²) in [5, 5.41) is 7.31. The van der Waals surface area contributed by atoms with Gasteiger partial charge >= 0.3 is 0 Å². The van der Waals surface area contributed by atoms with E-state index >= 15 is 0 Å². The topological polar surface area (TPSA) is 56.9 Å². The molecule has 0 aliphatic carbocycles. The maximum atomic E-state index is 11.7. The second-order valence-electron chi connectivity index (χ2n) is 4.56. The van der Waals surface area contributed by atoms with Crippen molar-refractivity contribution in [1.82, 2.24) is 15.6 Å². The van der Waals surface area contributed by atoms with Crippen molar-refractivity contribution >= 4 is 16.8 Å². The van der Waals surface area contributed by atoms with Crippen molar-refractivity contribution in [2.24, 2.45) is 0 Å². The molecule has 0 atom stereocenters. The second kappa shape index (κ2) is 6.95. The van der Waals surface area contributed by atoms with Gasteiger partial charge in [-0.25, -0.2) is 0 Å². The van der Waals surface area contributed by atoms with Gasteiger partial charge in [0.15, 0.2) is 0 Å². The fourth-order valence-electron chi connectivity index (χ4n) is 2.14. The molecular formula is C15H21N3O. The van der Waals surface area contributed by atoms with E-state index in [9.17, 15) is 4.79 Å². The lowest BCUT2D eigenvalue weighted by atomic mass is 10.1. The van der Waals surface area contributed by atoms with E-state index in [4.69, 9.17) is 0 Å². The highest BCUT2D eigenvalue weighted by Crippen LogP contribution is 2.18. The number of H-pyrrole nitrogens is 1. The number of likely N-dealkylation sites (N-methyl/N-ethyl adjacent to an activating group) is 1. The molecule has 0 radical (unpaired) electrons. The number of aromatic amines is 1. The first-order valence-corrected chi connectivity index (χ1v) is 6.83. The highest BCUT2D eigenvalue weighted by Gasteiger charge is 2.06. The molecule has 2 aromatic rings. The maximum absolute atomic E-state index is 11.7. The Kier molecular flexibility index (Phi) is 4.98. The Balaban J connectivity index is 1.80. The third-order valence-corrected chi connectivity index (χ3v) is 3.17. The normalized spacial score (nSPS) is 10.8. The van der Waals surface area contributed by atoms with E-state index in [-0.39, 0.29) is 5.91 Å². The van der Waals surface area contributed by atoms with E-state index in [1.165, 1.54) is 10.9 Å². The Hall–Kier alpha value is -1.81. The van der Waals surface area contributed by atoms with Crippen LogP contribution in [-0.4, -0.2) is 30.5 Å². The third-order valence-electron chi connectivity index (χ3n) is 3.17. The van der Waals surface area contributed by atoms with Crippen LogP contribution in [0.4, 0.5) is 0 Å². The third kappa shape index (κ3) is 3.83. The number of benzene rings is 1. The minimum atomic E-state index is 0.114. The molecule has 0 unspecified atom stereocenters. The van der Waals surface area contributed by atoms with Gasteiger partial charge in [0.2, 0.25) is 5.91 Å². The average molecular weight is 259 g/mol. The van der Waals surface area contributed by atoms with Crippen LogP contribution in [0.5, 0.6) is 0 Å². The van der Waals surface area contributed by atoms with Crippen molar-refractivity contribution in [2.45, 2.75) is 19.8 Å². The number of aryl methyl sites for hydroxylation is 1. The molecule has 1 aromatic carbocycles. The predicted molar refractivity (Wildman–Crippen MR) is 78.2 cm³/mol. The van der Waals surface area contributed by atoms with Gasteiger partial charge in [0.25, 0.3) is 0 Å². The number of carbonyl (C=O) groups excluding carboxylic acids is 1. The zero-order valence-electron chi connectivity index (χ0n) is 11.3. The molecule has 0 aliphatic rings. The summed E-state index contributed by atoms with van der Waals surface area (Å²) in [5.74, 6) is 0.114. The van der Waals surface area contributed by atoms with Gasteiger partial charge in [-0.1, -0.05) is 25.1 Å². The lowest BCUT2D eigenvalue weighted by molar-refractivity contribution is -0.121. The molecule has 0 spiro atoms. The number of amides is 1. The molecule has 0 bridgehead atoms. The van der Waals surface area contributed by atoms with Gasteiger partial charge in [-0.3, -0.25) is 4.79 Å². The number of aromatic nitrogens is 1. The number of para-hydroxylation sites is 1. The molecule has 4 heteroatoms. The Bertz CT molecular complexity index is 533. The molecule has 19 heavy (non-hydrogen) atoms. The standard InChI is InChI=1S/C15H21N3O/c1-2-16-9-10-17-15(19)8-7-12-11-18-14-6-4-3-5-13(12)14/h3-6,11,16,18H,2,7-10H2,1H3,(H,17,19). The zero-order valence-corrected chi connectivity index (χ0v) is 11.3. The molecule has 0 saturated heterocycles. The fourth-order valence-corrected chi connectivity index (χ4v) is 2.14. The largest absolute Gasteiger partial charge is 0.361 e. The second-order valence-corrected chi connectivity index (χ2v) is 4.56. The minimum Gasteiger partial charge on any atom is -0.361 e. The molecule has 4 nitrogen and oxygen atoms in total. The first-order valence-electron chi connectivity index (χ1n) is 6.83. The minimum absolute atomic E-state index is 0.114. The molecule has 2 rings (SSSR count). The number of fused-ring (bicyclic) bond motifs is 1. The van der Waals surface area contributed by atoms with Gasteiger partial charge in [0.1, 0.15) is 0 Å². The molecule has 0 aliphatic heterocycles. The summed E-state index contributed by atoms with van der Waals surface area (Å²) in [6, 6.07) is 8.17. The Morgan fingerprint density at radius 1 is 1.26 bits per heavy atom. The van der Waals surface area contributed by atoms with E-state index < -0.39 is 0 Å². The van der Waals surface area contributed by atoms with Crippen molar-refractivity contribution in [1.29, 1.82) is 0 Å². The predicted octanol–water partition coefficient (Wildman–Crippen LogP) is 1.83. The molecular weight excluding hydrogens is 238 g/mol. The number of carbonyl (C=O) groups is 1. The van der Waals surface area contributed by atoms with Gasteiger partial charge in [-0.05, 0) is 24.6 Å². The Morgan fingerprint density at radius 2 is 2.11 bits per heavy atom. The van der Waals surface area contributed by atoms with Crippen LogP contribution < -0.4 is 10.6 Å². The first-order chi connectivity index (χ1) is 9.31. The summed E-state index contributed by atoms with van der Waals surface area (Å²) in [5.41, 5.74) is 2.34. The van der Waals surface area contributed by atoms with E-state index in [0.717, 1.165) is 25.0 Å². The van der Waals surface area contributed by atoms with E-state index in [1.54, 1.807) is 0 Å². The van der Waals surface area contributed by atoms with Gasteiger partial charge in [-0.15, -0.1) is 0 Å². The van der Waals surface area contributed by atoms with Crippen molar-refractivity contribution in [3.8, 4) is 0 Å². The summed E-state index contributed by atoms with van der Waals surface area (Å²) < 4.78 is 0. The zero-order chi connectivity index (χ0) is 13.5. The lowest BCUT2D eigenvalue weighted by Gasteiger charge is -2.05. The molecule has 1 amide bonds. The summed E-state index contributed by atoms with van der Waals surface area (Å²) >= 11 is 0. The monoisotopic (exact) mass is 259 g/mol. The number of nitrogens with one attached hydrogen (secondary N) is 3. The molecule has 102 valence electrons. The van der Waals surface area contributed by atoms with Crippen molar-refractivity contribution in [2.75, 3.05) is 19.6 Å². The molecule has 1 heterocycles. The summed E-state index contributed by atoms with van der Waals surface area (Å²) in [6.07, 6.45) is 3.31. The average Bonchev–Trinajstić information content (AvgIpc) is 2.85. The van der Waals surface area contributed by atoms with Gasteiger partial charge in [0, 0.05) is 36.6 Å². The van der Waals surface area contributed by atoms with Crippen LogP contribution in [0, 0.1) is 0 Å². The highest BCUT2D eigenvalue weighted by atomic mass is 16.1. The Morgan fingerprint density at radius 3 is 2.95 bits per heavy atom. The lowest BCUT2D eigenvalue weighted by Crippen LogP contribution is -2.31. The van der Waals surface area contributed by atoms with Crippen molar-refractivity contribution in [3.05, 3.63) is 36.0 Å². The van der Waals surface area contributed by atoms with Crippen molar-refractivity contribution < 1.29 is 4.79 Å². The van der Waals surface area contributed by atoms with Gasteiger partial charge < -0.3 is 15.6 Å². The van der Waals surface area contributed by atoms with E-state index in [2.05, 4.69) is 34.7 Å². The fraction of sp³-hybridized carbons (Fsp3) is 0.400. The van der Waals surface area contributed by atoms with Crippen LogP contribution in [0.2, 0.25) is 0 Å². The van der Waals surface area contributed by atoms with Crippen LogP contribution >= 0.6 is 0 Å². The van der Waals surface area contributed by atoms with Crippen LogP contribution in [0.1, 0.15) is 18.9 Å². The molecule has 1 aromatic heterocycles. The first kappa shape index (κ1) is 13.6. The smallest absolute Gasteiger partial charge is 0.220 e. The molecule has 0 fully saturated rings. The van der Waals surface area contributed by atoms with Crippen molar-refractivity contribution in [3.63, 3.8) is 0 Å². The summed E-state index contributed by atoms with van der Waals surface area (Å²) in [7, 11) is 0. The van der Waals surface area contributed by atoms with Gasteiger partial charge in [-0.2, -0.15) is 0 Å². The van der Waals surface area contributed by atoms with Crippen LogP contribution in [0.15, 0.2) is 30.5 Å². The van der Waals surface area contributed by atoms with Crippen LogP contribution in [-0.2, 0) is 11.2 Å². The molecule has 3 N–H and O–H groups in total. The molecule has 0 saturated carbocycles. The highest BCUT2D eigenvalue weighted by molar-refractivity contribution is 5.84. The number of hydrogen-bond acceptors (Lipinski definition) is 2. The van der Waals surface area contributed by atoms with E-state index in [1.807, 2.05) is 18.3 Å². The number of hydrogen-bond donors (Lipinski definition) is 3. The quantitative estimate of drug-likeness (QED) is 0.664.